The molecule has 0 atom stereocenters. The van der Waals surface area contributed by atoms with Gasteiger partial charge in [0.05, 0.1) is 18.1 Å². The van der Waals surface area contributed by atoms with Crippen LogP contribution in [0.4, 0.5) is 5.69 Å². The fraction of sp³-hybridized carbons (Fsp3) is 0.111. The predicted molar refractivity (Wildman–Crippen MR) is 53.0 cm³/mol. The topological polar surface area (TPSA) is 93.4 Å². The maximum atomic E-state index is 8.74. The van der Waals surface area contributed by atoms with Crippen LogP contribution in [0.2, 0.25) is 0 Å². The van der Waals surface area contributed by atoms with Gasteiger partial charge in [-0.2, -0.15) is 10.4 Å². The highest BCUT2D eigenvalue weighted by atomic mass is 15.3. The summed E-state index contributed by atoms with van der Waals surface area (Å²) < 4.78 is 1.43. The standard InChI is InChI=1S/C9H8N6/c1-6-2-8(3-10)14-9(13-6)15-5-7(11)4-12-15/h2,4-5H,11H2,1H3. The molecular formula is C9H8N6. The molecule has 2 heterocycles. The molecule has 0 unspecified atom stereocenters. The number of anilines is 1. The first kappa shape index (κ1) is 9.15. The molecular weight excluding hydrogens is 192 g/mol. The Bertz CT molecular complexity index is 536. The van der Waals surface area contributed by atoms with Crippen molar-refractivity contribution < 1.29 is 0 Å². The lowest BCUT2D eigenvalue weighted by Crippen LogP contribution is -2.04. The summed E-state index contributed by atoms with van der Waals surface area (Å²) in [6.45, 7) is 1.79. The first-order valence-electron chi connectivity index (χ1n) is 4.25. The highest BCUT2D eigenvalue weighted by Crippen LogP contribution is 2.06. The number of nitrogens with zero attached hydrogens (tertiary/aromatic N) is 5. The molecule has 0 bridgehead atoms. The second-order valence-corrected chi connectivity index (χ2v) is 3.02. The van der Waals surface area contributed by atoms with Crippen LogP contribution in [0, 0.1) is 18.3 Å². The SMILES string of the molecule is Cc1cc(C#N)nc(-n2cc(N)cn2)n1. The summed E-state index contributed by atoms with van der Waals surface area (Å²) in [5.74, 6) is 0.350. The van der Waals surface area contributed by atoms with Gasteiger partial charge in [0.2, 0.25) is 0 Å². The maximum Gasteiger partial charge on any atom is 0.252 e. The molecule has 2 rings (SSSR count). The molecule has 6 heteroatoms. The lowest BCUT2D eigenvalue weighted by Gasteiger charge is -2.00. The van der Waals surface area contributed by atoms with Gasteiger partial charge in [-0.15, -0.1) is 0 Å². The van der Waals surface area contributed by atoms with Crippen LogP contribution in [0.15, 0.2) is 18.5 Å². The molecule has 15 heavy (non-hydrogen) atoms. The number of aromatic nitrogens is 4. The number of nitrogens with two attached hydrogens (primary N) is 1. The van der Waals surface area contributed by atoms with Gasteiger partial charge in [0.15, 0.2) is 0 Å². The van der Waals surface area contributed by atoms with Crippen LogP contribution >= 0.6 is 0 Å². The van der Waals surface area contributed by atoms with Crippen LogP contribution in [0.1, 0.15) is 11.4 Å². The Morgan fingerprint density at radius 3 is 2.87 bits per heavy atom. The van der Waals surface area contributed by atoms with E-state index in [0.717, 1.165) is 0 Å². The van der Waals surface area contributed by atoms with Crippen molar-refractivity contribution in [3.8, 4) is 12.0 Å². The zero-order valence-electron chi connectivity index (χ0n) is 8.05. The molecule has 0 aliphatic carbocycles. The Balaban J connectivity index is 2.54. The Morgan fingerprint density at radius 1 is 1.47 bits per heavy atom. The first-order chi connectivity index (χ1) is 7.19. The van der Waals surface area contributed by atoms with E-state index in [1.807, 2.05) is 6.07 Å². The van der Waals surface area contributed by atoms with Crippen molar-refractivity contribution in [1.29, 1.82) is 5.26 Å². The average Bonchev–Trinajstić information content (AvgIpc) is 2.64. The van der Waals surface area contributed by atoms with Crippen LogP contribution in [-0.2, 0) is 0 Å². The number of aryl methyl sites for hydroxylation is 1. The third-order valence-electron chi connectivity index (χ3n) is 1.76. The summed E-state index contributed by atoms with van der Waals surface area (Å²) in [5.41, 5.74) is 7.07. The van der Waals surface area contributed by atoms with E-state index < -0.39 is 0 Å². The molecule has 6 nitrogen and oxygen atoms in total. The number of hydrogen-bond acceptors (Lipinski definition) is 5. The van der Waals surface area contributed by atoms with Crippen molar-refractivity contribution in [2.45, 2.75) is 6.92 Å². The van der Waals surface area contributed by atoms with Crippen LogP contribution in [0.25, 0.3) is 5.95 Å². The predicted octanol–water partition coefficient (Wildman–Crippen LogP) is 0.425. The summed E-state index contributed by atoms with van der Waals surface area (Å²) >= 11 is 0. The number of rotatable bonds is 1. The summed E-state index contributed by atoms with van der Waals surface area (Å²) in [4.78, 5) is 8.16. The zero-order valence-corrected chi connectivity index (χ0v) is 8.05. The minimum absolute atomic E-state index is 0.312. The quantitative estimate of drug-likeness (QED) is 0.720. The molecule has 0 fully saturated rings. The molecule has 2 aromatic heterocycles. The Labute approximate surface area is 86.0 Å². The van der Waals surface area contributed by atoms with E-state index in [9.17, 15) is 0 Å². The minimum atomic E-state index is 0.312. The number of hydrogen-bond donors (Lipinski definition) is 1. The normalized spacial score (nSPS) is 9.87. The van der Waals surface area contributed by atoms with Gasteiger partial charge in [0.1, 0.15) is 11.8 Å². The largest absolute Gasteiger partial charge is 0.396 e. The lowest BCUT2D eigenvalue weighted by molar-refractivity contribution is 0.798. The fourth-order valence-corrected chi connectivity index (χ4v) is 1.16. The Kier molecular flexibility index (Phi) is 2.06. The first-order valence-corrected chi connectivity index (χ1v) is 4.25. The van der Waals surface area contributed by atoms with Crippen molar-refractivity contribution in [2.75, 3.05) is 5.73 Å². The average molecular weight is 200 g/mol. The minimum Gasteiger partial charge on any atom is -0.396 e. The van der Waals surface area contributed by atoms with Crippen LogP contribution in [0.3, 0.4) is 0 Å². The fourth-order valence-electron chi connectivity index (χ4n) is 1.16. The van der Waals surface area contributed by atoms with Gasteiger partial charge in [-0.25, -0.2) is 14.6 Å². The summed E-state index contributed by atoms with van der Waals surface area (Å²) in [7, 11) is 0. The number of nitriles is 1. The van der Waals surface area contributed by atoms with E-state index in [1.165, 1.54) is 10.9 Å². The van der Waals surface area contributed by atoms with Gasteiger partial charge in [0.25, 0.3) is 5.95 Å². The molecule has 0 saturated carbocycles. The van der Waals surface area contributed by atoms with Crippen molar-refractivity contribution in [3.05, 3.63) is 29.8 Å². The monoisotopic (exact) mass is 200 g/mol. The van der Waals surface area contributed by atoms with Crippen molar-refractivity contribution >= 4 is 5.69 Å². The second-order valence-electron chi connectivity index (χ2n) is 3.02. The molecule has 0 amide bonds. The lowest BCUT2D eigenvalue weighted by atomic mass is 10.3. The van der Waals surface area contributed by atoms with E-state index in [4.69, 9.17) is 11.0 Å². The summed E-state index contributed by atoms with van der Waals surface area (Å²) in [6.07, 6.45) is 3.09. The molecule has 0 aliphatic rings. The zero-order chi connectivity index (χ0) is 10.8. The van der Waals surface area contributed by atoms with E-state index in [1.54, 1.807) is 19.2 Å². The van der Waals surface area contributed by atoms with Gasteiger partial charge < -0.3 is 5.73 Å². The van der Waals surface area contributed by atoms with Crippen LogP contribution in [0.5, 0.6) is 0 Å². The van der Waals surface area contributed by atoms with Gasteiger partial charge in [-0.1, -0.05) is 0 Å². The smallest absolute Gasteiger partial charge is 0.252 e. The molecule has 0 aromatic carbocycles. The third kappa shape index (κ3) is 1.76. The van der Waals surface area contributed by atoms with Gasteiger partial charge >= 0.3 is 0 Å². The third-order valence-corrected chi connectivity index (χ3v) is 1.76. The highest BCUT2D eigenvalue weighted by Gasteiger charge is 2.04. The van der Waals surface area contributed by atoms with E-state index in [2.05, 4.69) is 15.1 Å². The Hall–Kier alpha value is -2.42. The molecule has 74 valence electrons. The molecule has 2 N–H and O–H groups in total. The molecule has 0 aliphatic heterocycles. The molecule has 0 saturated heterocycles. The molecule has 2 aromatic rings. The van der Waals surface area contributed by atoms with Gasteiger partial charge in [0, 0.05) is 5.69 Å². The number of nitrogen functional groups attached to an aromatic ring is 1. The highest BCUT2D eigenvalue weighted by molar-refractivity contribution is 5.34. The maximum absolute atomic E-state index is 8.74. The van der Waals surface area contributed by atoms with E-state index >= 15 is 0 Å². The molecule has 0 radical (unpaired) electrons. The van der Waals surface area contributed by atoms with Gasteiger partial charge in [-0.05, 0) is 13.0 Å². The Morgan fingerprint density at radius 2 is 2.27 bits per heavy atom. The molecule has 0 spiro atoms. The van der Waals surface area contributed by atoms with Crippen molar-refractivity contribution in [1.82, 2.24) is 19.7 Å². The summed E-state index contributed by atoms with van der Waals surface area (Å²) in [6, 6.07) is 3.57. The van der Waals surface area contributed by atoms with Crippen molar-refractivity contribution in [2.24, 2.45) is 0 Å². The van der Waals surface area contributed by atoms with Crippen LogP contribution in [-0.4, -0.2) is 19.7 Å². The van der Waals surface area contributed by atoms with Crippen LogP contribution < -0.4 is 5.73 Å². The van der Waals surface area contributed by atoms with E-state index in [-0.39, 0.29) is 0 Å². The van der Waals surface area contributed by atoms with E-state index in [0.29, 0.717) is 23.0 Å². The van der Waals surface area contributed by atoms with Crippen molar-refractivity contribution in [3.63, 3.8) is 0 Å². The van der Waals surface area contributed by atoms with Gasteiger partial charge in [-0.3, -0.25) is 0 Å². The summed E-state index contributed by atoms with van der Waals surface area (Å²) in [5, 5.41) is 12.7. The second kappa shape index (κ2) is 3.38.